The third-order valence-corrected chi connectivity index (χ3v) is 3.21. The van der Waals surface area contributed by atoms with Crippen LogP contribution in [0.3, 0.4) is 0 Å². The Morgan fingerprint density at radius 2 is 1.26 bits per heavy atom. The van der Waals surface area contributed by atoms with E-state index in [1.807, 2.05) is 69.8 Å². The van der Waals surface area contributed by atoms with Crippen LogP contribution in [0.2, 0.25) is 0 Å². The summed E-state index contributed by atoms with van der Waals surface area (Å²) in [4.78, 5) is 12.2. The van der Waals surface area contributed by atoms with E-state index >= 15 is 0 Å². The Hall–Kier alpha value is -2.81. The van der Waals surface area contributed by atoms with Crippen LogP contribution in [0.15, 0.2) is 73.4 Å². The normalized spacial score (nSPS) is 9.52. The first-order valence-electron chi connectivity index (χ1n) is 7.78. The van der Waals surface area contributed by atoms with Gasteiger partial charge in [0.05, 0.1) is 0 Å². The van der Waals surface area contributed by atoms with E-state index in [4.69, 9.17) is 0 Å². The Bertz CT molecular complexity index is 807. The summed E-state index contributed by atoms with van der Waals surface area (Å²) in [5.41, 5.74) is 1.05. The first kappa shape index (κ1) is 16.6. The highest BCUT2D eigenvalue weighted by atomic mass is 14.7. The van der Waals surface area contributed by atoms with Gasteiger partial charge in [-0.3, -0.25) is 15.0 Å². The van der Waals surface area contributed by atoms with Gasteiger partial charge in [-0.05, 0) is 41.3 Å². The molecule has 3 nitrogen and oxygen atoms in total. The number of nitrogens with zero attached hydrogens (tertiary/aromatic N) is 3. The maximum atomic E-state index is 4.17. The van der Waals surface area contributed by atoms with Crippen molar-refractivity contribution >= 4 is 21.5 Å². The maximum absolute atomic E-state index is 4.17. The molecule has 116 valence electrons. The van der Waals surface area contributed by atoms with E-state index in [0.717, 1.165) is 11.1 Å². The van der Waals surface area contributed by atoms with E-state index in [9.17, 15) is 0 Å². The minimum atomic E-state index is 1.05. The van der Waals surface area contributed by atoms with Gasteiger partial charge in [-0.15, -0.1) is 0 Å². The van der Waals surface area contributed by atoms with Gasteiger partial charge < -0.3 is 0 Å². The highest BCUT2D eigenvalue weighted by Gasteiger charge is 1.91. The molecule has 4 rings (SSSR count). The lowest BCUT2D eigenvalue weighted by molar-refractivity contribution is 1.22. The quantitative estimate of drug-likeness (QED) is 0.448. The molecule has 0 N–H and O–H groups in total. The van der Waals surface area contributed by atoms with Crippen molar-refractivity contribution in [2.24, 2.45) is 0 Å². The molecule has 0 aliphatic heterocycles. The van der Waals surface area contributed by atoms with Gasteiger partial charge in [0.15, 0.2) is 0 Å². The van der Waals surface area contributed by atoms with E-state index < -0.39 is 0 Å². The molecular formula is C20H21N3. The molecule has 3 heterocycles. The van der Waals surface area contributed by atoms with Gasteiger partial charge in [-0.25, -0.2) is 0 Å². The molecule has 3 aromatic heterocycles. The average molecular weight is 303 g/mol. The summed E-state index contributed by atoms with van der Waals surface area (Å²) >= 11 is 0. The fourth-order valence-corrected chi connectivity index (χ4v) is 2.12. The molecule has 0 unspecified atom stereocenters. The topological polar surface area (TPSA) is 38.7 Å². The second-order valence-corrected chi connectivity index (χ2v) is 4.77. The minimum Gasteiger partial charge on any atom is -0.264 e. The fraction of sp³-hybridized carbons (Fsp3) is 0.150. The molecule has 0 atom stereocenters. The van der Waals surface area contributed by atoms with E-state index in [2.05, 4.69) is 33.2 Å². The third kappa shape index (κ3) is 4.58. The number of aryl methyl sites for hydroxylation is 1. The average Bonchev–Trinajstić information content (AvgIpc) is 2.64. The van der Waals surface area contributed by atoms with Crippen LogP contribution in [0, 0.1) is 6.92 Å². The Kier molecular flexibility index (Phi) is 6.18. The Morgan fingerprint density at radius 3 is 1.96 bits per heavy atom. The number of hydrogen-bond acceptors (Lipinski definition) is 3. The molecule has 0 bridgehead atoms. The second kappa shape index (κ2) is 8.59. The van der Waals surface area contributed by atoms with Gasteiger partial charge in [-0.1, -0.05) is 38.1 Å². The molecule has 0 spiro atoms. The second-order valence-electron chi connectivity index (χ2n) is 4.77. The summed E-state index contributed by atoms with van der Waals surface area (Å²) in [7, 11) is 0. The van der Waals surface area contributed by atoms with Gasteiger partial charge in [0.1, 0.15) is 0 Å². The summed E-state index contributed by atoms with van der Waals surface area (Å²) in [6.45, 7) is 5.99. The van der Waals surface area contributed by atoms with Crippen LogP contribution in [0.25, 0.3) is 21.5 Å². The SMILES string of the molecule is CC.Cc1cc2ccncc2cn1.c1ccc2cnccc2c1. The van der Waals surface area contributed by atoms with Crippen LogP contribution >= 0.6 is 0 Å². The molecule has 0 amide bonds. The number of aromatic nitrogens is 3. The lowest BCUT2D eigenvalue weighted by atomic mass is 10.2. The monoisotopic (exact) mass is 303 g/mol. The van der Waals surface area contributed by atoms with Gasteiger partial charge in [0.25, 0.3) is 0 Å². The molecule has 1 aromatic carbocycles. The van der Waals surface area contributed by atoms with E-state index in [1.165, 1.54) is 16.2 Å². The van der Waals surface area contributed by atoms with Crippen LogP contribution in [0.5, 0.6) is 0 Å². The van der Waals surface area contributed by atoms with Crippen LogP contribution in [-0.4, -0.2) is 15.0 Å². The Morgan fingerprint density at radius 1 is 0.652 bits per heavy atom. The van der Waals surface area contributed by atoms with Crippen molar-refractivity contribution in [3.8, 4) is 0 Å². The Labute approximate surface area is 137 Å². The highest BCUT2D eigenvalue weighted by molar-refractivity contribution is 5.81. The summed E-state index contributed by atoms with van der Waals surface area (Å²) in [5, 5.41) is 4.74. The van der Waals surface area contributed by atoms with Crippen molar-refractivity contribution in [2.45, 2.75) is 20.8 Å². The van der Waals surface area contributed by atoms with Crippen molar-refractivity contribution in [1.82, 2.24) is 15.0 Å². The molecule has 0 saturated carbocycles. The molecule has 0 fully saturated rings. The van der Waals surface area contributed by atoms with Crippen LogP contribution in [-0.2, 0) is 0 Å². The summed E-state index contributed by atoms with van der Waals surface area (Å²) < 4.78 is 0. The molecule has 23 heavy (non-hydrogen) atoms. The summed E-state index contributed by atoms with van der Waals surface area (Å²) in [5.74, 6) is 0. The smallest absolute Gasteiger partial charge is 0.0379 e. The zero-order valence-electron chi connectivity index (χ0n) is 13.8. The zero-order valence-corrected chi connectivity index (χ0v) is 13.8. The molecule has 0 aliphatic carbocycles. The van der Waals surface area contributed by atoms with Gasteiger partial charge >= 0.3 is 0 Å². The first-order valence-corrected chi connectivity index (χ1v) is 7.78. The van der Waals surface area contributed by atoms with Crippen LogP contribution < -0.4 is 0 Å². The van der Waals surface area contributed by atoms with Gasteiger partial charge in [0, 0.05) is 42.1 Å². The zero-order chi connectivity index (χ0) is 16.5. The largest absolute Gasteiger partial charge is 0.264 e. The highest BCUT2D eigenvalue weighted by Crippen LogP contribution is 2.11. The molecule has 3 heteroatoms. The summed E-state index contributed by atoms with van der Waals surface area (Å²) in [6.07, 6.45) is 9.14. The predicted octanol–water partition coefficient (Wildman–Crippen LogP) is 5.20. The van der Waals surface area contributed by atoms with Crippen molar-refractivity contribution < 1.29 is 0 Å². The minimum absolute atomic E-state index is 1.05. The lowest BCUT2D eigenvalue weighted by Crippen LogP contribution is -1.81. The van der Waals surface area contributed by atoms with Crippen molar-refractivity contribution in [3.05, 3.63) is 79.1 Å². The van der Waals surface area contributed by atoms with Crippen molar-refractivity contribution in [2.75, 3.05) is 0 Å². The molecule has 0 radical (unpaired) electrons. The van der Waals surface area contributed by atoms with Gasteiger partial charge in [0.2, 0.25) is 0 Å². The first-order chi connectivity index (χ1) is 11.3. The number of benzene rings is 1. The van der Waals surface area contributed by atoms with Crippen LogP contribution in [0.4, 0.5) is 0 Å². The third-order valence-electron chi connectivity index (χ3n) is 3.21. The maximum Gasteiger partial charge on any atom is 0.0379 e. The molecule has 0 saturated heterocycles. The number of fused-ring (bicyclic) bond motifs is 2. The Balaban J connectivity index is 0.000000152. The summed E-state index contributed by atoms with van der Waals surface area (Å²) in [6, 6.07) is 14.2. The molecular weight excluding hydrogens is 282 g/mol. The number of rotatable bonds is 0. The van der Waals surface area contributed by atoms with E-state index in [1.54, 1.807) is 6.20 Å². The van der Waals surface area contributed by atoms with Crippen molar-refractivity contribution in [3.63, 3.8) is 0 Å². The predicted molar refractivity (Wildman–Crippen MR) is 97.4 cm³/mol. The van der Waals surface area contributed by atoms with Crippen molar-refractivity contribution in [1.29, 1.82) is 0 Å². The molecule has 0 aliphatic rings. The van der Waals surface area contributed by atoms with Gasteiger partial charge in [-0.2, -0.15) is 0 Å². The van der Waals surface area contributed by atoms with E-state index in [0.29, 0.717) is 0 Å². The molecule has 4 aromatic rings. The van der Waals surface area contributed by atoms with E-state index in [-0.39, 0.29) is 0 Å². The number of pyridine rings is 3. The number of hydrogen-bond donors (Lipinski definition) is 0. The standard InChI is InChI=1S/C9H8N2.C9H7N.C2H6/c1-7-4-8-2-3-10-5-9(8)6-11-7;1-2-4-9-7-10-6-5-8(9)3-1;1-2/h2-6H,1H3;1-7H;1-2H3. The lowest BCUT2D eigenvalue weighted by Gasteiger charge is -1.95. The fourth-order valence-electron chi connectivity index (χ4n) is 2.12. The van der Waals surface area contributed by atoms with Crippen LogP contribution in [0.1, 0.15) is 19.5 Å².